The van der Waals surface area contributed by atoms with Crippen LogP contribution in [-0.2, 0) is 0 Å². The molecule has 5 nitrogen and oxygen atoms in total. The average Bonchev–Trinajstić information content (AvgIpc) is 2.76. The first kappa shape index (κ1) is 20.9. The van der Waals surface area contributed by atoms with Crippen molar-refractivity contribution in [2.75, 3.05) is 0 Å². The zero-order valence-corrected chi connectivity index (χ0v) is 18.4. The monoisotopic (exact) mass is 412 g/mol. The van der Waals surface area contributed by atoms with Gasteiger partial charge in [0.05, 0.1) is 5.70 Å². The van der Waals surface area contributed by atoms with Gasteiger partial charge in [0.25, 0.3) is 0 Å². The van der Waals surface area contributed by atoms with Gasteiger partial charge < -0.3 is 5.11 Å². The molecular weight excluding hydrogens is 384 g/mol. The van der Waals surface area contributed by atoms with Crippen LogP contribution in [-0.4, -0.2) is 16.2 Å². The van der Waals surface area contributed by atoms with E-state index in [1.165, 1.54) is 0 Å². The molecule has 0 amide bonds. The van der Waals surface area contributed by atoms with Gasteiger partial charge in [-0.3, -0.25) is 0 Å². The highest BCUT2D eigenvalue weighted by Crippen LogP contribution is 2.38. The fourth-order valence-corrected chi connectivity index (χ4v) is 3.70. The number of fused-ring (bicyclic) bond motifs is 1. The second kappa shape index (κ2) is 8.06. The Kier molecular flexibility index (Phi) is 5.44. The quantitative estimate of drug-likeness (QED) is 0.520. The summed E-state index contributed by atoms with van der Waals surface area (Å²) in [5.74, 6) is 0.485. The minimum absolute atomic E-state index is 0.0688. The highest BCUT2D eigenvalue weighted by Gasteiger charge is 2.31. The van der Waals surface area contributed by atoms with Gasteiger partial charge >= 0.3 is 0 Å². The maximum absolute atomic E-state index is 10.3. The molecule has 2 aliphatic carbocycles. The predicted octanol–water partition coefficient (Wildman–Crippen LogP) is 7.45. The van der Waals surface area contributed by atoms with E-state index in [4.69, 9.17) is 0 Å². The molecule has 31 heavy (non-hydrogen) atoms. The lowest BCUT2D eigenvalue weighted by Crippen LogP contribution is -2.29. The lowest BCUT2D eigenvalue weighted by Gasteiger charge is -2.29. The van der Waals surface area contributed by atoms with Crippen molar-refractivity contribution < 1.29 is 5.11 Å². The number of nitrogens with zero attached hydrogens (tertiary/aromatic N) is 4. The van der Waals surface area contributed by atoms with Gasteiger partial charge in [-0.1, -0.05) is 80.6 Å². The SMILES string of the molecule is CC1C=CC=CC1(C)N=NC1=CC(C)C(C)(N=Nc2c(O)ccc3ccccc23)C=C1. The van der Waals surface area contributed by atoms with Crippen LogP contribution in [0, 0.1) is 11.8 Å². The molecular formula is C26H28N4O. The third-order valence-corrected chi connectivity index (χ3v) is 6.43. The van der Waals surface area contributed by atoms with Gasteiger partial charge in [0.15, 0.2) is 0 Å². The standard InChI is InChI=1S/C26H28N4O/c1-18-9-7-8-15-25(18,3)29-27-21-14-16-26(4,19(2)17-21)30-28-24-22-11-6-5-10-20(22)12-13-23(24)31/h5-19,31H,1-4H3. The number of benzene rings is 2. The maximum atomic E-state index is 10.3. The van der Waals surface area contributed by atoms with Gasteiger partial charge in [-0.25, -0.2) is 0 Å². The van der Waals surface area contributed by atoms with Crippen LogP contribution in [0.3, 0.4) is 0 Å². The molecule has 2 aliphatic rings. The number of hydrogen-bond acceptors (Lipinski definition) is 5. The van der Waals surface area contributed by atoms with E-state index in [-0.39, 0.29) is 17.2 Å². The molecule has 4 unspecified atom stereocenters. The van der Waals surface area contributed by atoms with Gasteiger partial charge in [0, 0.05) is 17.2 Å². The lowest BCUT2D eigenvalue weighted by molar-refractivity contribution is 0.426. The number of azo groups is 2. The number of allylic oxidation sites excluding steroid dienone is 3. The molecule has 4 atom stereocenters. The summed E-state index contributed by atoms with van der Waals surface area (Å²) < 4.78 is 0. The van der Waals surface area contributed by atoms with E-state index in [0.717, 1.165) is 16.5 Å². The van der Waals surface area contributed by atoms with Gasteiger partial charge in [0.1, 0.15) is 22.5 Å². The molecule has 2 aromatic carbocycles. The summed E-state index contributed by atoms with van der Waals surface area (Å²) in [6.45, 7) is 8.36. The fraction of sp³-hybridized carbons (Fsp3) is 0.308. The molecule has 158 valence electrons. The second-order valence-electron chi connectivity index (χ2n) is 8.75. The normalized spacial score (nSPS) is 30.5. The Hall–Kier alpha value is -3.34. The van der Waals surface area contributed by atoms with E-state index >= 15 is 0 Å². The molecule has 2 aromatic rings. The highest BCUT2D eigenvalue weighted by atomic mass is 16.3. The third-order valence-electron chi connectivity index (χ3n) is 6.43. The Labute approximate surface area is 183 Å². The van der Waals surface area contributed by atoms with Crippen LogP contribution in [0.2, 0.25) is 0 Å². The van der Waals surface area contributed by atoms with Crippen LogP contribution in [0.25, 0.3) is 10.8 Å². The molecule has 0 saturated carbocycles. The lowest BCUT2D eigenvalue weighted by atomic mass is 9.83. The van der Waals surface area contributed by atoms with Gasteiger partial charge in [0.2, 0.25) is 0 Å². The minimum atomic E-state index is -0.535. The molecule has 0 aromatic heterocycles. The summed E-state index contributed by atoms with van der Waals surface area (Å²) in [5, 5.41) is 30.5. The summed E-state index contributed by atoms with van der Waals surface area (Å²) >= 11 is 0. The van der Waals surface area contributed by atoms with Crippen molar-refractivity contribution in [3.8, 4) is 5.75 Å². The fourth-order valence-electron chi connectivity index (χ4n) is 3.70. The van der Waals surface area contributed by atoms with E-state index in [9.17, 15) is 5.11 Å². The highest BCUT2D eigenvalue weighted by molar-refractivity contribution is 5.95. The molecule has 0 heterocycles. The van der Waals surface area contributed by atoms with Crippen molar-refractivity contribution >= 4 is 16.5 Å². The molecule has 0 bridgehead atoms. The molecule has 5 heteroatoms. The summed E-state index contributed by atoms with van der Waals surface area (Å²) in [4.78, 5) is 0. The van der Waals surface area contributed by atoms with E-state index < -0.39 is 5.54 Å². The van der Waals surface area contributed by atoms with Gasteiger partial charge in [-0.05, 0) is 31.4 Å². The first-order valence-corrected chi connectivity index (χ1v) is 10.6. The van der Waals surface area contributed by atoms with Gasteiger partial charge in [-0.2, -0.15) is 20.5 Å². The first-order chi connectivity index (χ1) is 14.8. The Morgan fingerprint density at radius 2 is 1.58 bits per heavy atom. The Bertz CT molecular complexity index is 1170. The van der Waals surface area contributed by atoms with E-state index in [2.05, 4.69) is 59.5 Å². The van der Waals surface area contributed by atoms with Crippen molar-refractivity contribution in [2.45, 2.75) is 38.8 Å². The number of phenols is 1. The van der Waals surface area contributed by atoms with Crippen molar-refractivity contribution in [2.24, 2.45) is 32.3 Å². The van der Waals surface area contributed by atoms with Crippen LogP contribution in [0.15, 0.2) is 105 Å². The predicted molar refractivity (Wildman–Crippen MR) is 126 cm³/mol. The molecule has 0 aliphatic heterocycles. The molecule has 1 N–H and O–H groups in total. The average molecular weight is 413 g/mol. The topological polar surface area (TPSA) is 69.7 Å². The van der Waals surface area contributed by atoms with Gasteiger partial charge in [-0.15, -0.1) is 0 Å². The van der Waals surface area contributed by atoms with Crippen LogP contribution < -0.4 is 0 Å². The third kappa shape index (κ3) is 4.13. The molecule has 4 rings (SSSR count). The summed E-state index contributed by atoms with van der Waals surface area (Å²) in [6, 6.07) is 11.4. The zero-order valence-electron chi connectivity index (χ0n) is 18.4. The van der Waals surface area contributed by atoms with E-state index in [1.807, 2.05) is 61.6 Å². The summed E-state index contributed by atoms with van der Waals surface area (Å²) in [6.07, 6.45) is 14.3. The molecule has 0 saturated heterocycles. The van der Waals surface area contributed by atoms with Crippen LogP contribution in [0.1, 0.15) is 27.7 Å². The molecule has 0 fully saturated rings. The summed E-state index contributed by atoms with van der Waals surface area (Å²) in [5.41, 5.74) is 0.449. The molecule has 0 spiro atoms. The summed E-state index contributed by atoms with van der Waals surface area (Å²) in [7, 11) is 0. The number of aromatic hydroxyl groups is 1. The van der Waals surface area contributed by atoms with Crippen LogP contribution >= 0.6 is 0 Å². The maximum Gasteiger partial charge on any atom is 0.143 e. The first-order valence-electron chi connectivity index (χ1n) is 10.6. The Balaban J connectivity index is 1.56. The van der Waals surface area contributed by atoms with Crippen LogP contribution in [0.5, 0.6) is 5.75 Å². The Morgan fingerprint density at radius 1 is 0.839 bits per heavy atom. The van der Waals surface area contributed by atoms with E-state index in [0.29, 0.717) is 11.6 Å². The number of hydrogen-bond donors (Lipinski definition) is 1. The van der Waals surface area contributed by atoms with E-state index in [1.54, 1.807) is 6.07 Å². The van der Waals surface area contributed by atoms with Crippen molar-refractivity contribution in [3.05, 3.63) is 84.6 Å². The van der Waals surface area contributed by atoms with Crippen molar-refractivity contribution in [1.29, 1.82) is 0 Å². The van der Waals surface area contributed by atoms with Crippen molar-refractivity contribution in [3.63, 3.8) is 0 Å². The minimum Gasteiger partial charge on any atom is -0.506 e. The largest absolute Gasteiger partial charge is 0.506 e. The smallest absolute Gasteiger partial charge is 0.143 e. The number of rotatable bonds is 4. The molecule has 0 radical (unpaired) electrons. The Morgan fingerprint density at radius 3 is 2.35 bits per heavy atom. The number of phenolic OH excluding ortho intramolecular Hbond substituents is 1. The zero-order chi connectivity index (χ0) is 22.1. The van der Waals surface area contributed by atoms with Crippen molar-refractivity contribution in [1.82, 2.24) is 0 Å². The van der Waals surface area contributed by atoms with Crippen LogP contribution in [0.4, 0.5) is 5.69 Å². The second-order valence-corrected chi connectivity index (χ2v) is 8.75.